The molecule has 10 heavy (non-hydrogen) atoms. The molecule has 0 saturated heterocycles. The van der Waals surface area contributed by atoms with Crippen molar-refractivity contribution in [2.24, 2.45) is 0 Å². The topological polar surface area (TPSA) is 12.9 Å². The van der Waals surface area contributed by atoms with Crippen molar-refractivity contribution in [2.75, 3.05) is 5.75 Å². The van der Waals surface area contributed by atoms with E-state index < -0.39 is 0 Å². The van der Waals surface area contributed by atoms with Gasteiger partial charge in [-0.25, -0.2) is 0 Å². The van der Waals surface area contributed by atoms with Crippen molar-refractivity contribution in [1.29, 1.82) is 0 Å². The van der Waals surface area contributed by atoms with Crippen molar-refractivity contribution in [3.8, 4) is 0 Å². The fourth-order valence-electron chi connectivity index (χ4n) is 1.14. The summed E-state index contributed by atoms with van der Waals surface area (Å²) in [6.07, 6.45) is 3.10. The predicted octanol–water partition coefficient (Wildman–Crippen LogP) is 2.04. The highest BCUT2D eigenvalue weighted by molar-refractivity contribution is 7.99. The van der Waals surface area contributed by atoms with Crippen molar-refractivity contribution >= 4 is 11.8 Å². The summed E-state index contributed by atoms with van der Waals surface area (Å²) in [5, 5.41) is 0. The van der Waals surface area contributed by atoms with Gasteiger partial charge < -0.3 is 0 Å². The first-order valence-corrected chi connectivity index (χ1v) is 4.43. The molecule has 0 unspecified atom stereocenters. The molecule has 0 fully saturated rings. The molecule has 1 aromatic rings. The maximum absolute atomic E-state index is 4.34. The van der Waals surface area contributed by atoms with Gasteiger partial charge >= 0.3 is 0 Å². The van der Waals surface area contributed by atoms with E-state index in [-0.39, 0.29) is 0 Å². The van der Waals surface area contributed by atoms with Crippen LogP contribution in [0.2, 0.25) is 0 Å². The maximum Gasteiger partial charge on any atom is 0.0547 e. The Labute approximate surface area is 64.9 Å². The molecule has 0 bridgehead atoms. The summed E-state index contributed by atoms with van der Waals surface area (Å²) in [5.74, 6) is 1.21. The highest BCUT2D eigenvalue weighted by atomic mass is 32.2. The van der Waals surface area contributed by atoms with E-state index in [0.717, 1.165) is 6.42 Å². The second-order valence-corrected chi connectivity index (χ2v) is 3.69. The first-order valence-electron chi connectivity index (χ1n) is 3.44. The smallest absolute Gasteiger partial charge is 0.0547 e. The Balaban J connectivity index is 2.52. The lowest BCUT2D eigenvalue weighted by Crippen LogP contribution is -1.86. The van der Waals surface area contributed by atoms with Crippen molar-refractivity contribution in [2.45, 2.75) is 18.2 Å². The van der Waals surface area contributed by atoms with Crippen LogP contribution in [-0.4, -0.2) is 10.7 Å². The molecule has 0 saturated carbocycles. The lowest BCUT2D eigenvalue weighted by molar-refractivity contribution is 1.01. The minimum absolute atomic E-state index is 1.15. The maximum atomic E-state index is 4.34. The summed E-state index contributed by atoms with van der Waals surface area (Å²) in [7, 11) is 0. The fraction of sp³-hybridized carbons (Fsp3) is 0.375. The van der Waals surface area contributed by atoms with Crippen molar-refractivity contribution < 1.29 is 0 Å². The molecule has 2 rings (SSSR count). The van der Waals surface area contributed by atoms with E-state index in [0.29, 0.717) is 0 Å². The van der Waals surface area contributed by atoms with Gasteiger partial charge in [0.2, 0.25) is 0 Å². The van der Waals surface area contributed by atoms with Crippen LogP contribution in [0.5, 0.6) is 0 Å². The van der Waals surface area contributed by atoms with Gasteiger partial charge in [-0.05, 0) is 18.6 Å². The van der Waals surface area contributed by atoms with Crippen LogP contribution in [0, 0.1) is 6.92 Å². The van der Waals surface area contributed by atoms with Crippen LogP contribution in [0.1, 0.15) is 11.3 Å². The molecular weight excluding hydrogens is 142 g/mol. The highest BCUT2D eigenvalue weighted by Crippen LogP contribution is 2.29. The van der Waals surface area contributed by atoms with E-state index >= 15 is 0 Å². The fourth-order valence-corrected chi connectivity index (χ4v) is 2.25. The largest absolute Gasteiger partial charge is 0.260 e. The van der Waals surface area contributed by atoms with Crippen molar-refractivity contribution in [1.82, 2.24) is 4.98 Å². The van der Waals surface area contributed by atoms with Gasteiger partial charge in [-0.1, -0.05) is 0 Å². The number of aryl methyl sites for hydroxylation is 2. The van der Waals surface area contributed by atoms with E-state index in [1.165, 1.54) is 21.9 Å². The number of aromatic nitrogens is 1. The Kier molecular flexibility index (Phi) is 1.42. The standard InChI is InChI=1S/C8H9NS/c1-6-4-8-7(9-5-6)2-3-10-8/h4-5H,2-3H2,1H3. The molecule has 0 amide bonds. The van der Waals surface area contributed by atoms with Gasteiger partial charge in [0.25, 0.3) is 0 Å². The number of thioether (sulfide) groups is 1. The van der Waals surface area contributed by atoms with Gasteiger partial charge in [0.05, 0.1) is 5.69 Å². The van der Waals surface area contributed by atoms with E-state index in [1.807, 2.05) is 18.0 Å². The van der Waals surface area contributed by atoms with Crippen LogP contribution in [0.15, 0.2) is 17.2 Å². The van der Waals surface area contributed by atoms with Crippen LogP contribution < -0.4 is 0 Å². The van der Waals surface area contributed by atoms with Gasteiger partial charge in [0.15, 0.2) is 0 Å². The number of hydrogen-bond donors (Lipinski definition) is 0. The first kappa shape index (κ1) is 6.23. The number of hydrogen-bond acceptors (Lipinski definition) is 2. The molecule has 2 heterocycles. The van der Waals surface area contributed by atoms with Gasteiger partial charge in [0.1, 0.15) is 0 Å². The van der Waals surface area contributed by atoms with Crippen LogP contribution >= 0.6 is 11.8 Å². The third kappa shape index (κ3) is 0.926. The monoisotopic (exact) mass is 151 g/mol. The Hall–Kier alpha value is -0.500. The normalized spacial score (nSPS) is 15.3. The predicted molar refractivity (Wildman–Crippen MR) is 43.4 cm³/mol. The molecule has 0 radical (unpaired) electrons. The number of pyridine rings is 1. The average molecular weight is 151 g/mol. The van der Waals surface area contributed by atoms with E-state index in [1.54, 1.807) is 0 Å². The highest BCUT2D eigenvalue weighted by Gasteiger charge is 2.11. The molecule has 0 N–H and O–H groups in total. The van der Waals surface area contributed by atoms with E-state index in [4.69, 9.17) is 0 Å². The second kappa shape index (κ2) is 2.27. The number of rotatable bonds is 0. The molecule has 0 aliphatic carbocycles. The molecule has 1 nitrogen and oxygen atoms in total. The van der Waals surface area contributed by atoms with Crippen molar-refractivity contribution in [3.05, 3.63) is 23.5 Å². The Morgan fingerprint density at radius 1 is 1.60 bits per heavy atom. The molecule has 0 aromatic carbocycles. The molecule has 1 aromatic heterocycles. The quantitative estimate of drug-likeness (QED) is 0.562. The van der Waals surface area contributed by atoms with Gasteiger partial charge in [-0.3, -0.25) is 4.98 Å². The van der Waals surface area contributed by atoms with Gasteiger partial charge in [-0.15, -0.1) is 11.8 Å². The first-order chi connectivity index (χ1) is 4.86. The summed E-state index contributed by atoms with van der Waals surface area (Å²) in [6, 6.07) is 2.22. The molecule has 0 atom stereocenters. The zero-order valence-electron chi connectivity index (χ0n) is 5.92. The summed E-state index contributed by atoms with van der Waals surface area (Å²) >= 11 is 1.92. The summed E-state index contributed by atoms with van der Waals surface area (Å²) in [4.78, 5) is 5.73. The Morgan fingerprint density at radius 3 is 3.40 bits per heavy atom. The lowest BCUT2D eigenvalue weighted by atomic mass is 10.2. The molecule has 52 valence electrons. The third-order valence-corrected chi connectivity index (χ3v) is 2.74. The number of fused-ring (bicyclic) bond motifs is 1. The zero-order chi connectivity index (χ0) is 6.97. The Morgan fingerprint density at radius 2 is 2.50 bits per heavy atom. The average Bonchev–Trinajstić information content (AvgIpc) is 2.33. The van der Waals surface area contributed by atoms with Gasteiger partial charge in [-0.2, -0.15) is 0 Å². The van der Waals surface area contributed by atoms with Crippen molar-refractivity contribution in [3.63, 3.8) is 0 Å². The molecule has 0 spiro atoms. The van der Waals surface area contributed by atoms with Crippen LogP contribution in [0.4, 0.5) is 0 Å². The van der Waals surface area contributed by atoms with Crippen LogP contribution in [0.25, 0.3) is 0 Å². The van der Waals surface area contributed by atoms with Crippen LogP contribution in [0.3, 0.4) is 0 Å². The molecular formula is C8H9NS. The lowest BCUT2D eigenvalue weighted by Gasteiger charge is -1.96. The minimum Gasteiger partial charge on any atom is -0.260 e. The van der Waals surface area contributed by atoms with Crippen LogP contribution in [-0.2, 0) is 6.42 Å². The summed E-state index contributed by atoms with van der Waals surface area (Å²) < 4.78 is 0. The van der Waals surface area contributed by atoms with E-state index in [2.05, 4.69) is 18.0 Å². The summed E-state index contributed by atoms with van der Waals surface area (Å²) in [5.41, 5.74) is 2.56. The summed E-state index contributed by atoms with van der Waals surface area (Å²) in [6.45, 7) is 2.09. The zero-order valence-corrected chi connectivity index (χ0v) is 6.74. The molecule has 1 aliphatic heterocycles. The molecule has 2 heteroatoms. The third-order valence-electron chi connectivity index (χ3n) is 1.66. The SMILES string of the molecule is Cc1cnc2c(c1)SCC2. The molecule has 1 aliphatic rings. The Bertz CT molecular complexity index is 257. The van der Waals surface area contributed by atoms with Gasteiger partial charge in [0, 0.05) is 23.3 Å². The van der Waals surface area contributed by atoms with E-state index in [9.17, 15) is 0 Å². The minimum atomic E-state index is 1.15. The number of nitrogens with zero attached hydrogens (tertiary/aromatic N) is 1. The second-order valence-electron chi connectivity index (χ2n) is 2.56.